The van der Waals surface area contributed by atoms with Crippen LogP contribution < -0.4 is 19.5 Å². The molecular weight excluding hydrogens is 382 g/mol. The van der Waals surface area contributed by atoms with Crippen LogP contribution in [0.4, 0.5) is 5.69 Å². The van der Waals surface area contributed by atoms with Gasteiger partial charge in [0.1, 0.15) is 5.82 Å². The molecule has 0 spiro atoms. The molecule has 1 aliphatic heterocycles. The summed E-state index contributed by atoms with van der Waals surface area (Å²) in [5.41, 5.74) is 3.52. The maximum Gasteiger partial charge on any atom is 0.228 e. The molecule has 0 saturated carbocycles. The molecule has 3 aromatic rings. The molecule has 7 heteroatoms. The quantitative estimate of drug-likeness (QED) is 0.667. The molecular formula is C23H27N3O4. The number of ether oxygens (including phenoxy) is 3. The number of fused-ring (bicyclic) bond motifs is 3. The smallest absolute Gasteiger partial charge is 0.228 e. The topological polar surface area (TPSA) is 74.6 Å². The van der Waals surface area contributed by atoms with Gasteiger partial charge >= 0.3 is 0 Å². The number of carbonyl (C=O) groups is 1. The molecule has 2 heterocycles. The highest BCUT2D eigenvalue weighted by atomic mass is 16.5. The van der Waals surface area contributed by atoms with Gasteiger partial charge in [0.2, 0.25) is 11.7 Å². The third-order valence-corrected chi connectivity index (χ3v) is 5.53. The lowest BCUT2D eigenvalue weighted by atomic mass is 10.1. The minimum absolute atomic E-state index is 0.138. The zero-order valence-electron chi connectivity index (χ0n) is 17.7. The second-order valence-electron chi connectivity index (χ2n) is 7.41. The fraction of sp³-hybridized carbons (Fsp3) is 0.391. The van der Waals surface area contributed by atoms with Crippen LogP contribution in [0.25, 0.3) is 11.0 Å². The van der Waals surface area contributed by atoms with E-state index < -0.39 is 0 Å². The number of hydrogen-bond acceptors (Lipinski definition) is 5. The lowest BCUT2D eigenvalue weighted by Crippen LogP contribution is -2.15. The van der Waals surface area contributed by atoms with E-state index in [4.69, 9.17) is 19.2 Å². The first-order valence-corrected chi connectivity index (χ1v) is 10.2. The lowest BCUT2D eigenvalue weighted by Gasteiger charge is -2.15. The summed E-state index contributed by atoms with van der Waals surface area (Å²) in [4.78, 5) is 17.5. The number of hydrogen-bond donors (Lipinski definition) is 1. The zero-order chi connectivity index (χ0) is 21.1. The Kier molecular flexibility index (Phi) is 5.79. The average Bonchev–Trinajstić information content (AvgIpc) is 2.92. The summed E-state index contributed by atoms with van der Waals surface area (Å²) in [5.74, 6) is 2.54. The van der Waals surface area contributed by atoms with Crippen molar-refractivity contribution in [3.63, 3.8) is 0 Å². The molecule has 0 fully saturated rings. The summed E-state index contributed by atoms with van der Waals surface area (Å²) in [6.45, 7) is 1.01. The number of nitrogens with zero attached hydrogens (tertiary/aromatic N) is 2. The van der Waals surface area contributed by atoms with Gasteiger partial charge in [0, 0.05) is 24.2 Å². The maximum absolute atomic E-state index is 12.7. The van der Waals surface area contributed by atoms with Crippen molar-refractivity contribution in [2.45, 2.75) is 38.6 Å². The molecule has 30 heavy (non-hydrogen) atoms. The molecule has 0 saturated heterocycles. The SMILES string of the molecule is COc1ccc(CC(=O)Nc2ccc3c(c2)nc2n3CCCCC2)c(OC)c1OC. The van der Waals surface area contributed by atoms with Crippen molar-refractivity contribution in [3.05, 3.63) is 41.7 Å². The summed E-state index contributed by atoms with van der Waals surface area (Å²) in [7, 11) is 4.66. The van der Waals surface area contributed by atoms with Crippen LogP contribution in [0.15, 0.2) is 30.3 Å². The van der Waals surface area contributed by atoms with Crippen molar-refractivity contribution in [1.82, 2.24) is 9.55 Å². The van der Waals surface area contributed by atoms with Crippen LogP contribution in [-0.2, 0) is 24.2 Å². The Bertz CT molecular complexity index is 1070. The van der Waals surface area contributed by atoms with Crippen molar-refractivity contribution in [1.29, 1.82) is 0 Å². The molecule has 0 unspecified atom stereocenters. The number of benzene rings is 2. The van der Waals surface area contributed by atoms with E-state index in [9.17, 15) is 4.79 Å². The number of imidazole rings is 1. The van der Waals surface area contributed by atoms with E-state index in [1.807, 2.05) is 24.3 Å². The molecule has 0 bridgehead atoms. The van der Waals surface area contributed by atoms with Crippen LogP contribution in [0, 0.1) is 0 Å². The number of aryl methyl sites for hydroxylation is 2. The van der Waals surface area contributed by atoms with Crippen molar-refractivity contribution >= 4 is 22.6 Å². The second kappa shape index (κ2) is 8.65. The predicted octanol–water partition coefficient (Wildman–Crippen LogP) is 3.97. The summed E-state index contributed by atoms with van der Waals surface area (Å²) in [6.07, 6.45) is 4.78. The molecule has 1 aromatic heterocycles. The number of rotatable bonds is 6. The van der Waals surface area contributed by atoms with Gasteiger partial charge in [-0.2, -0.15) is 0 Å². The van der Waals surface area contributed by atoms with Crippen molar-refractivity contribution in [2.24, 2.45) is 0 Å². The fourth-order valence-electron chi connectivity index (χ4n) is 4.11. The van der Waals surface area contributed by atoms with Crippen molar-refractivity contribution in [3.8, 4) is 17.2 Å². The molecule has 7 nitrogen and oxygen atoms in total. The van der Waals surface area contributed by atoms with Crippen LogP contribution in [-0.4, -0.2) is 36.8 Å². The van der Waals surface area contributed by atoms with Crippen molar-refractivity contribution in [2.75, 3.05) is 26.6 Å². The molecule has 0 radical (unpaired) electrons. The van der Waals surface area contributed by atoms with Gasteiger partial charge in [0.05, 0.1) is 38.8 Å². The number of carbonyl (C=O) groups excluding carboxylic acids is 1. The van der Waals surface area contributed by atoms with Crippen LogP contribution in [0.5, 0.6) is 17.2 Å². The molecule has 0 atom stereocenters. The highest BCUT2D eigenvalue weighted by Crippen LogP contribution is 2.40. The van der Waals surface area contributed by atoms with E-state index in [0.29, 0.717) is 17.2 Å². The summed E-state index contributed by atoms with van der Waals surface area (Å²) in [6, 6.07) is 9.51. The number of aromatic nitrogens is 2. The molecule has 1 aliphatic rings. The van der Waals surface area contributed by atoms with Crippen LogP contribution in [0.3, 0.4) is 0 Å². The van der Waals surface area contributed by atoms with Crippen LogP contribution in [0.2, 0.25) is 0 Å². The fourth-order valence-corrected chi connectivity index (χ4v) is 4.11. The standard InChI is InChI=1S/C23H27N3O4/c1-28-19-11-8-15(22(29-2)23(19)30-3)13-21(27)24-16-9-10-18-17(14-16)25-20-7-5-4-6-12-26(18)20/h8-11,14H,4-7,12-13H2,1-3H3,(H,24,27). The number of methoxy groups -OCH3 is 3. The van der Waals surface area contributed by atoms with Gasteiger partial charge < -0.3 is 24.1 Å². The number of nitrogens with one attached hydrogen (secondary N) is 1. The first kappa shape index (κ1) is 20.1. The molecule has 1 amide bonds. The third kappa shape index (κ3) is 3.79. The highest BCUT2D eigenvalue weighted by Gasteiger charge is 2.18. The van der Waals surface area contributed by atoms with Gasteiger partial charge in [-0.05, 0) is 37.1 Å². The Morgan fingerprint density at radius 1 is 1.03 bits per heavy atom. The molecule has 158 valence electrons. The zero-order valence-corrected chi connectivity index (χ0v) is 17.7. The average molecular weight is 409 g/mol. The van der Waals surface area contributed by atoms with Gasteiger partial charge in [0.25, 0.3) is 0 Å². The van der Waals surface area contributed by atoms with Gasteiger partial charge in [0.15, 0.2) is 11.5 Å². The van der Waals surface area contributed by atoms with E-state index in [0.717, 1.165) is 41.1 Å². The Balaban J connectivity index is 1.54. The lowest BCUT2D eigenvalue weighted by molar-refractivity contribution is -0.115. The van der Waals surface area contributed by atoms with Gasteiger partial charge in [-0.3, -0.25) is 4.79 Å². The molecule has 1 N–H and O–H groups in total. The summed E-state index contributed by atoms with van der Waals surface area (Å²) < 4.78 is 18.5. The van der Waals surface area contributed by atoms with Crippen LogP contribution in [0.1, 0.15) is 30.7 Å². The Labute approximate surface area is 176 Å². The largest absolute Gasteiger partial charge is 0.493 e. The highest BCUT2D eigenvalue weighted by molar-refractivity contribution is 5.94. The minimum Gasteiger partial charge on any atom is -0.493 e. The van der Waals surface area contributed by atoms with Gasteiger partial charge in [-0.1, -0.05) is 12.5 Å². The normalized spacial score (nSPS) is 13.4. The Morgan fingerprint density at radius 3 is 2.63 bits per heavy atom. The van der Waals surface area contributed by atoms with Gasteiger partial charge in [-0.15, -0.1) is 0 Å². The van der Waals surface area contributed by atoms with Crippen LogP contribution >= 0.6 is 0 Å². The minimum atomic E-state index is -0.138. The second-order valence-corrected chi connectivity index (χ2v) is 7.41. The maximum atomic E-state index is 12.7. The predicted molar refractivity (Wildman–Crippen MR) is 116 cm³/mol. The Hall–Kier alpha value is -3.22. The third-order valence-electron chi connectivity index (χ3n) is 5.53. The number of amides is 1. The summed E-state index contributed by atoms with van der Waals surface area (Å²) in [5, 5.41) is 2.98. The number of anilines is 1. The first-order valence-electron chi connectivity index (χ1n) is 10.2. The van der Waals surface area contributed by atoms with E-state index in [1.165, 1.54) is 19.3 Å². The van der Waals surface area contributed by atoms with E-state index in [2.05, 4.69) is 9.88 Å². The van der Waals surface area contributed by atoms with Crippen molar-refractivity contribution < 1.29 is 19.0 Å². The first-order chi connectivity index (χ1) is 14.6. The molecule has 0 aliphatic carbocycles. The van der Waals surface area contributed by atoms with E-state index in [1.54, 1.807) is 27.4 Å². The van der Waals surface area contributed by atoms with E-state index >= 15 is 0 Å². The van der Waals surface area contributed by atoms with E-state index in [-0.39, 0.29) is 12.3 Å². The Morgan fingerprint density at radius 2 is 1.87 bits per heavy atom. The summed E-state index contributed by atoms with van der Waals surface area (Å²) >= 11 is 0. The monoisotopic (exact) mass is 409 g/mol. The van der Waals surface area contributed by atoms with Gasteiger partial charge in [-0.25, -0.2) is 4.98 Å². The molecule has 4 rings (SSSR count). The molecule has 2 aromatic carbocycles.